The lowest BCUT2D eigenvalue weighted by atomic mass is 10.1. The SMILES string of the molecule is Cc1ccc(NC(=O)CNS(=O)(=O)c2ccc(Cl)s2)cc1C. The number of amides is 1. The maximum atomic E-state index is 12.0. The smallest absolute Gasteiger partial charge is 0.250 e. The van der Waals surface area contributed by atoms with E-state index in [-0.39, 0.29) is 10.8 Å². The predicted molar refractivity (Wildman–Crippen MR) is 89.1 cm³/mol. The fourth-order valence-electron chi connectivity index (χ4n) is 1.70. The number of carbonyl (C=O) groups is 1. The molecule has 2 rings (SSSR count). The highest BCUT2D eigenvalue weighted by molar-refractivity contribution is 7.91. The molecule has 118 valence electrons. The molecule has 0 aliphatic rings. The van der Waals surface area contributed by atoms with Gasteiger partial charge in [-0.2, -0.15) is 0 Å². The minimum Gasteiger partial charge on any atom is -0.325 e. The van der Waals surface area contributed by atoms with E-state index >= 15 is 0 Å². The van der Waals surface area contributed by atoms with Gasteiger partial charge >= 0.3 is 0 Å². The zero-order valence-corrected chi connectivity index (χ0v) is 14.4. The predicted octanol–water partition coefficient (Wildman–Crippen LogP) is 2.94. The van der Waals surface area contributed by atoms with Crippen molar-refractivity contribution < 1.29 is 13.2 Å². The van der Waals surface area contributed by atoms with Gasteiger partial charge in [-0.3, -0.25) is 4.79 Å². The van der Waals surface area contributed by atoms with Crippen LogP contribution < -0.4 is 10.0 Å². The van der Waals surface area contributed by atoms with Gasteiger partial charge in [-0.15, -0.1) is 11.3 Å². The molecule has 2 aromatic rings. The first-order valence-corrected chi connectivity index (χ1v) is 9.08. The Morgan fingerprint density at radius 3 is 2.50 bits per heavy atom. The molecule has 0 unspecified atom stereocenters. The molecule has 2 N–H and O–H groups in total. The van der Waals surface area contributed by atoms with Gasteiger partial charge in [0.15, 0.2) is 0 Å². The van der Waals surface area contributed by atoms with Crippen LogP contribution in [0.25, 0.3) is 0 Å². The van der Waals surface area contributed by atoms with Crippen LogP contribution in [0.3, 0.4) is 0 Å². The molecule has 8 heteroatoms. The third kappa shape index (κ3) is 4.30. The molecule has 0 aliphatic carbocycles. The zero-order valence-electron chi connectivity index (χ0n) is 12.0. The van der Waals surface area contributed by atoms with Crippen molar-refractivity contribution in [3.63, 3.8) is 0 Å². The van der Waals surface area contributed by atoms with Crippen molar-refractivity contribution >= 4 is 44.6 Å². The Morgan fingerprint density at radius 1 is 1.18 bits per heavy atom. The van der Waals surface area contributed by atoms with E-state index in [0.717, 1.165) is 22.5 Å². The Kier molecular flexibility index (Phi) is 5.23. The first-order chi connectivity index (χ1) is 10.3. The summed E-state index contributed by atoms with van der Waals surface area (Å²) in [6.07, 6.45) is 0. The van der Waals surface area contributed by atoms with E-state index in [2.05, 4.69) is 10.0 Å². The van der Waals surface area contributed by atoms with Crippen molar-refractivity contribution in [2.45, 2.75) is 18.1 Å². The normalized spacial score (nSPS) is 11.4. The molecule has 0 aliphatic heterocycles. The van der Waals surface area contributed by atoms with Crippen molar-refractivity contribution in [2.24, 2.45) is 0 Å². The summed E-state index contributed by atoms with van der Waals surface area (Å²) in [4.78, 5) is 11.8. The second-order valence-electron chi connectivity index (χ2n) is 4.73. The number of halogens is 1. The highest BCUT2D eigenvalue weighted by Crippen LogP contribution is 2.25. The van der Waals surface area contributed by atoms with Crippen molar-refractivity contribution in [2.75, 3.05) is 11.9 Å². The van der Waals surface area contributed by atoms with Gasteiger partial charge in [0.1, 0.15) is 4.21 Å². The van der Waals surface area contributed by atoms with Gasteiger partial charge in [-0.05, 0) is 49.2 Å². The lowest BCUT2D eigenvalue weighted by molar-refractivity contribution is -0.115. The van der Waals surface area contributed by atoms with Crippen LogP contribution in [0, 0.1) is 13.8 Å². The van der Waals surface area contributed by atoms with Gasteiger partial charge in [0.25, 0.3) is 10.0 Å². The quantitative estimate of drug-likeness (QED) is 0.862. The molecule has 0 saturated heterocycles. The van der Waals surface area contributed by atoms with Gasteiger partial charge < -0.3 is 5.32 Å². The molecule has 1 aromatic heterocycles. The summed E-state index contributed by atoms with van der Waals surface area (Å²) in [5.74, 6) is -0.436. The van der Waals surface area contributed by atoms with Gasteiger partial charge in [0, 0.05) is 5.69 Å². The van der Waals surface area contributed by atoms with Gasteiger partial charge in [-0.25, -0.2) is 13.1 Å². The molecular weight excluding hydrogens is 344 g/mol. The maximum absolute atomic E-state index is 12.0. The van der Waals surface area contributed by atoms with E-state index in [1.807, 2.05) is 26.0 Å². The average Bonchev–Trinajstić information content (AvgIpc) is 2.88. The van der Waals surface area contributed by atoms with Crippen molar-refractivity contribution in [1.29, 1.82) is 0 Å². The molecule has 0 fully saturated rings. The van der Waals surface area contributed by atoms with E-state index in [0.29, 0.717) is 10.0 Å². The lowest BCUT2D eigenvalue weighted by Gasteiger charge is -2.08. The number of aryl methyl sites for hydroxylation is 2. The highest BCUT2D eigenvalue weighted by atomic mass is 35.5. The first-order valence-electron chi connectivity index (χ1n) is 6.40. The number of rotatable bonds is 5. The number of nitrogens with one attached hydrogen (secondary N) is 2. The first kappa shape index (κ1) is 17.0. The summed E-state index contributed by atoms with van der Waals surface area (Å²) in [6, 6.07) is 8.39. The van der Waals surface area contributed by atoms with Crippen LogP contribution in [0.15, 0.2) is 34.5 Å². The van der Waals surface area contributed by atoms with E-state index in [1.165, 1.54) is 12.1 Å². The van der Waals surface area contributed by atoms with Crippen LogP contribution >= 0.6 is 22.9 Å². The molecule has 0 saturated carbocycles. The summed E-state index contributed by atoms with van der Waals surface area (Å²) >= 11 is 6.65. The summed E-state index contributed by atoms with van der Waals surface area (Å²) in [5, 5.41) is 2.65. The molecule has 5 nitrogen and oxygen atoms in total. The van der Waals surface area contributed by atoms with Gasteiger partial charge in [0.2, 0.25) is 5.91 Å². The highest BCUT2D eigenvalue weighted by Gasteiger charge is 2.17. The molecule has 22 heavy (non-hydrogen) atoms. The number of sulfonamides is 1. The Hall–Kier alpha value is -1.41. The average molecular weight is 359 g/mol. The Labute approximate surface area is 138 Å². The molecule has 1 aromatic carbocycles. The van der Waals surface area contributed by atoms with E-state index in [9.17, 15) is 13.2 Å². The number of benzene rings is 1. The third-order valence-corrected chi connectivity index (χ3v) is 6.15. The van der Waals surface area contributed by atoms with Crippen molar-refractivity contribution in [1.82, 2.24) is 4.72 Å². The lowest BCUT2D eigenvalue weighted by Crippen LogP contribution is -2.32. The molecule has 1 amide bonds. The topological polar surface area (TPSA) is 75.3 Å². The van der Waals surface area contributed by atoms with E-state index in [4.69, 9.17) is 11.6 Å². The van der Waals surface area contributed by atoms with E-state index in [1.54, 1.807) is 6.07 Å². The number of thiophene rings is 1. The Morgan fingerprint density at radius 2 is 1.91 bits per heavy atom. The number of hydrogen-bond acceptors (Lipinski definition) is 4. The standard InChI is InChI=1S/C14H15ClN2O3S2/c1-9-3-4-11(7-10(9)2)17-13(18)8-16-22(19,20)14-6-5-12(15)21-14/h3-7,16H,8H2,1-2H3,(H,17,18). The molecule has 0 atom stereocenters. The molecular formula is C14H15ClN2O3S2. The summed E-state index contributed by atoms with van der Waals surface area (Å²) in [5.41, 5.74) is 2.80. The second kappa shape index (κ2) is 6.78. The van der Waals surface area contributed by atoms with Gasteiger partial charge in [0.05, 0.1) is 10.9 Å². The fourth-order valence-corrected chi connectivity index (χ4v) is 4.21. The van der Waals surface area contributed by atoms with Gasteiger partial charge in [-0.1, -0.05) is 17.7 Å². The summed E-state index contributed by atoms with van der Waals surface area (Å²) in [7, 11) is -3.72. The molecule has 1 heterocycles. The minimum atomic E-state index is -3.72. The third-order valence-electron chi connectivity index (χ3n) is 3.03. The minimum absolute atomic E-state index is 0.0801. The molecule has 0 radical (unpaired) electrons. The van der Waals surface area contributed by atoms with Crippen molar-refractivity contribution in [3.05, 3.63) is 45.8 Å². The van der Waals surface area contributed by atoms with Crippen LogP contribution in [-0.2, 0) is 14.8 Å². The number of anilines is 1. The summed E-state index contributed by atoms with van der Waals surface area (Å²) < 4.78 is 26.6. The number of hydrogen-bond donors (Lipinski definition) is 2. The fraction of sp³-hybridized carbons (Fsp3) is 0.214. The largest absolute Gasteiger partial charge is 0.325 e. The maximum Gasteiger partial charge on any atom is 0.250 e. The second-order valence-corrected chi connectivity index (χ2v) is 8.44. The van der Waals surface area contributed by atoms with Crippen molar-refractivity contribution in [3.8, 4) is 0 Å². The van der Waals surface area contributed by atoms with Crippen LogP contribution in [-0.4, -0.2) is 20.9 Å². The zero-order chi connectivity index (χ0) is 16.3. The Bertz CT molecular complexity index is 800. The van der Waals surface area contributed by atoms with Crippen LogP contribution in [0.4, 0.5) is 5.69 Å². The Balaban J connectivity index is 1.96. The van der Waals surface area contributed by atoms with E-state index < -0.39 is 15.9 Å². The monoisotopic (exact) mass is 358 g/mol. The van der Waals surface area contributed by atoms with Crippen LogP contribution in [0.2, 0.25) is 4.34 Å². The number of carbonyl (C=O) groups excluding carboxylic acids is 1. The molecule has 0 bridgehead atoms. The van der Waals surface area contributed by atoms with Crippen LogP contribution in [0.5, 0.6) is 0 Å². The molecule has 0 spiro atoms. The summed E-state index contributed by atoms with van der Waals surface area (Å²) in [6.45, 7) is 3.57. The van der Waals surface area contributed by atoms with Crippen LogP contribution in [0.1, 0.15) is 11.1 Å².